The van der Waals surface area contributed by atoms with Gasteiger partial charge in [0, 0.05) is 18.5 Å². The molecule has 0 amide bonds. The molecule has 6 heteroatoms. The van der Waals surface area contributed by atoms with Gasteiger partial charge in [-0.25, -0.2) is 13.4 Å². The molecule has 2 atom stereocenters. The van der Waals surface area contributed by atoms with E-state index in [2.05, 4.69) is 9.55 Å². The van der Waals surface area contributed by atoms with E-state index in [0.717, 1.165) is 30.9 Å². The largest absolute Gasteiger partial charge is 0.330 e. The summed E-state index contributed by atoms with van der Waals surface area (Å²) in [6.07, 6.45) is 4.57. The van der Waals surface area contributed by atoms with E-state index in [0.29, 0.717) is 12.2 Å². The molecule has 2 N–H and O–H groups in total. The summed E-state index contributed by atoms with van der Waals surface area (Å²) in [6.45, 7) is 0.926. The second-order valence-corrected chi connectivity index (χ2v) is 7.27. The van der Waals surface area contributed by atoms with E-state index in [1.54, 1.807) is 0 Å². The molecule has 2 unspecified atom stereocenters. The molecule has 0 aliphatic carbocycles. The van der Waals surface area contributed by atoms with E-state index in [4.69, 9.17) is 5.73 Å². The monoisotopic (exact) mass is 255 g/mol. The molecule has 0 spiro atoms. The highest BCUT2D eigenvalue weighted by atomic mass is 32.2. The Balaban J connectivity index is 1.95. The number of nitrogens with zero attached hydrogens (tertiary/aromatic N) is 2. The third kappa shape index (κ3) is 1.89. The van der Waals surface area contributed by atoms with E-state index >= 15 is 0 Å². The molecule has 0 bridgehead atoms. The fourth-order valence-corrected chi connectivity index (χ4v) is 4.62. The summed E-state index contributed by atoms with van der Waals surface area (Å²) in [6, 6.07) is 0.0583. The molecule has 0 saturated carbocycles. The van der Waals surface area contributed by atoms with Gasteiger partial charge in [0.05, 0.1) is 23.4 Å². The van der Waals surface area contributed by atoms with Gasteiger partial charge in [-0.1, -0.05) is 0 Å². The lowest BCUT2D eigenvalue weighted by molar-refractivity contribution is 0.444. The van der Waals surface area contributed by atoms with Crippen LogP contribution in [0.5, 0.6) is 0 Å². The van der Waals surface area contributed by atoms with E-state index in [1.165, 1.54) is 0 Å². The predicted octanol–water partition coefficient (Wildman–Crippen LogP) is 0.579. The standard InChI is InChI=1S/C11H17N3O2S/c12-9-2-1-4-14-10(9)6-13-11(14)8-3-5-17(15,16)7-8/h6,8-9H,1-5,7,12H2. The van der Waals surface area contributed by atoms with Gasteiger partial charge in [0.1, 0.15) is 5.82 Å². The van der Waals surface area contributed by atoms with Crippen LogP contribution in [0, 0.1) is 0 Å². The van der Waals surface area contributed by atoms with E-state index in [-0.39, 0.29) is 17.7 Å². The van der Waals surface area contributed by atoms with Gasteiger partial charge in [0.15, 0.2) is 9.84 Å². The summed E-state index contributed by atoms with van der Waals surface area (Å²) < 4.78 is 25.2. The Bertz CT molecular complexity index is 535. The van der Waals surface area contributed by atoms with Crippen LogP contribution in [0.2, 0.25) is 0 Å². The fourth-order valence-electron chi connectivity index (χ4n) is 2.89. The van der Waals surface area contributed by atoms with Crippen molar-refractivity contribution in [3.63, 3.8) is 0 Å². The lowest BCUT2D eigenvalue weighted by Crippen LogP contribution is -2.23. The van der Waals surface area contributed by atoms with E-state index in [1.807, 2.05) is 6.20 Å². The first kappa shape index (κ1) is 11.2. The Labute approximate surface area is 101 Å². The number of aromatic nitrogens is 2. The van der Waals surface area contributed by atoms with Gasteiger partial charge in [-0.3, -0.25) is 0 Å². The van der Waals surface area contributed by atoms with Crippen molar-refractivity contribution >= 4 is 9.84 Å². The fraction of sp³-hybridized carbons (Fsp3) is 0.727. The summed E-state index contributed by atoms with van der Waals surface area (Å²) in [4.78, 5) is 4.41. The first-order valence-corrected chi connectivity index (χ1v) is 7.90. The van der Waals surface area contributed by atoms with Crippen LogP contribution in [0.1, 0.15) is 42.7 Å². The summed E-state index contributed by atoms with van der Waals surface area (Å²) in [5.74, 6) is 1.54. The van der Waals surface area contributed by atoms with Crippen molar-refractivity contribution in [2.75, 3.05) is 11.5 Å². The maximum absolute atomic E-state index is 11.5. The summed E-state index contributed by atoms with van der Waals surface area (Å²) in [5.41, 5.74) is 7.10. The zero-order chi connectivity index (χ0) is 12.0. The van der Waals surface area contributed by atoms with Crippen molar-refractivity contribution in [1.82, 2.24) is 9.55 Å². The van der Waals surface area contributed by atoms with Crippen LogP contribution in [0.3, 0.4) is 0 Å². The van der Waals surface area contributed by atoms with Crippen LogP contribution in [0.15, 0.2) is 6.20 Å². The smallest absolute Gasteiger partial charge is 0.151 e. The molecule has 1 aromatic heterocycles. The molecule has 3 heterocycles. The normalized spacial score (nSPS) is 31.4. The maximum atomic E-state index is 11.5. The van der Waals surface area contributed by atoms with Crippen LogP contribution >= 0.6 is 0 Å². The molecular weight excluding hydrogens is 238 g/mol. The second-order valence-electron chi connectivity index (χ2n) is 5.04. The molecule has 5 nitrogen and oxygen atoms in total. The molecule has 2 aliphatic rings. The average molecular weight is 255 g/mol. The zero-order valence-corrected chi connectivity index (χ0v) is 10.5. The number of sulfone groups is 1. The SMILES string of the molecule is NC1CCCn2c1cnc2C1CCS(=O)(=O)C1. The quantitative estimate of drug-likeness (QED) is 0.796. The minimum absolute atomic E-state index is 0.0583. The Morgan fingerprint density at radius 3 is 2.94 bits per heavy atom. The van der Waals surface area contributed by atoms with Crippen LogP contribution in [-0.2, 0) is 16.4 Å². The molecule has 1 fully saturated rings. The van der Waals surface area contributed by atoms with Crippen molar-refractivity contribution in [2.45, 2.75) is 37.8 Å². The molecule has 1 saturated heterocycles. The molecule has 2 aliphatic heterocycles. The molecule has 0 radical (unpaired) electrons. The number of imidazole rings is 1. The van der Waals surface area contributed by atoms with Gasteiger partial charge >= 0.3 is 0 Å². The first-order chi connectivity index (χ1) is 8.07. The Morgan fingerprint density at radius 1 is 1.41 bits per heavy atom. The number of rotatable bonds is 1. The Morgan fingerprint density at radius 2 is 2.24 bits per heavy atom. The van der Waals surface area contributed by atoms with Crippen LogP contribution in [0.4, 0.5) is 0 Å². The zero-order valence-electron chi connectivity index (χ0n) is 9.67. The Hall–Kier alpha value is -0.880. The predicted molar refractivity (Wildman–Crippen MR) is 64.4 cm³/mol. The minimum atomic E-state index is -2.85. The molecule has 17 heavy (non-hydrogen) atoms. The number of fused-ring (bicyclic) bond motifs is 1. The lowest BCUT2D eigenvalue weighted by Gasteiger charge is -2.23. The highest BCUT2D eigenvalue weighted by Crippen LogP contribution is 2.32. The number of nitrogens with two attached hydrogens (primary N) is 1. The highest BCUT2D eigenvalue weighted by Gasteiger charge is 2.33. The molecule has 1 aromatic rings. The summed E-state index contributed by atoms with van der Waals surface area (Å²) in [7, 11) is -2.85. The first-order valence-electron chi connectivity index (χ1n) is 6.08. The minimum Gasteiger partial charge on any atom is -0.330 e. The van der Waals surface area contributed by atoms with Crippen molar-refractivity contribution < 1.29 is 8.42 Å². The van der Waals surface area contributed by atoms with Crippen molar-refractivity contribution in [3.8, 4) is 0 Å². The highest BCUT2D eigenvalue weighted by molar-refractivity contribution is 7.91. The summed E-state index contributed by atoms with van der Waals surface area (Å²) in [5, 5.41) is 0. The average Bonchev–Trinajstić information content (AvgIpc) is 2.82. The van der Waals surface area contributed by atoms with Crippen LogP contribution in [-0.4, -0.2) is 29.5 Å². The van der Waals surface area contributed by atoms with Gasteiger partial charge in [0.25, 0.3) is 0 Å². The van der Waals surface area contributed by atoms with Gasteiger partial charge in [-0.05, 0) is 19.3 Å². The van der Waals surface area contributed by atoms with E-state index < -0.39 is 9.84 Å². The van der Waals surface area contributed by atoms with Crippen molar-refractivity contribution in [3.05, 3.63) is 17.7 Å². The molecule has 0 aromatic carbocycles. The maximum Gasteiger partial charge on any atom is 0.151 e. The third-order valence-corrected chi connectivity index (χ3v) is 5.56. The Kier molecular flexibility index (Phi) is 2.52. The topological polar surface area (TPSA) is 78.0 Å². The van der Waals surface area contributed by atoms with Gasteiger partial charge in [0.2, 0.25) is 0 Å². The van der Waals surface area contributed by atoms with Crippen molar-refractivity contribution in [2.24, 2.45) is 5.73 Å². The molecule has 3 rings (SSSR count). The van der Waals surface area contributed by atoms with Crippen molar-refractivity contribution in [1.29, 1.82) is 0 Å². The van der Waals surface area contributed by atoms with Crippen LogP contribution in [0.25, 0.3) is 0 Å². The number of hydrogen-bond donors (Lipinski definition) is 1. The molecule has 94 valence electrons. The second kappa shape index (κ2) is 3.81. The summed E-state index contributed by atoms with van der Waals surface area (Å²) >= 11 is 0. The van der Waals surface area contributed by atoms with Crippen LogP contribution < -0.4 is 5.73 Å². The van der Waals surface area contributed by atoms with Gasteiger partial charge < -0.3 is 10.3 Å². The van der Waals surface area contributed by atoms with E-state index in [9.17, 15) is 8.42 Å². The number of hydrogen-bond acceptors (Lipinski definition) is 4. The molecular formula is C11H17N3O2S. The lowest BCUT2D eigenvalue weighted by atomic mass is 10.0. The van der Waals surface area contributed by atoms with Gasteiger partial charge in [-0.15, -0.1) is 0 Å². The third-order valence-electron chi connectivity index (χ3n) is 3.79. The van der Waals surface area contributed by atoms with Gasteiger partial charge in [-0.2, -0.15) is 0 Å².